The Kier molecular flexibility index (Phi) is 5.59. The third-order valence-electron chi connectivity index (χ3n) is 5.66. The second kappa shape index (κ2) is 8.01. The number of rotatable bonds is 4. The summed E-state index contributed by atoms with van der Waals surface area (Å²) in [6, 6.07) is 9.12. The molecule has 0 radical (unpaired) electrons. The molecule has 2 aliphatic rings. The van der Waals surface area contributed by atoms with Crippen LogP contribution in [0.1, 0.15) is 23.8 Å². The number of carbonyl (C=O) groups excluding carboxylic acids is 1. The van der Waals surface area contributed by atoms with E-state index in [-0.39, 0.29) is 10.8 Å². The predicted molar refractivity (Wildman–Crippen MR) is 113 cm³/mol. The Morgan fingerprint density at radius 3 is 2.45 bits per heavy atom. The van der Waals surface area contributed by atoms with Crippen molar-refractivity contribution in [3.63, 3.8) is 0 Å². The largest absolute Gasteiger partial charge is 0.368 e. The molecule has 0 spiro atoms. The Bertz CT molecular complexity index is 1010. The van der Waals surface area contributed by atoms with Gasteiger partial charge in [-0.3, -0.25) is 4.79 Å². The Hall–Kier alpha value is -2.03. The maximum absolute atomic E-state index is 13.2. The molecular formula is C20H25ClN4O3S. The van der Waals surface area contributed by atoms with Crippen LogP contribution in [0.2, 0.25) is 5.02 Å². The number of anilines is 1. The van der Waals surface area contributed by atoms with E-state index in [1.807, 2.05) is 31.2 Å². The third kappa shape index (κ3) is 3.76. The van der Waals surface area contributed by atoms with Crippen LogP contribution in [0.5, 0.6) is 0 Å². The Morgan fingerprint density at radius 1 is 1.03 bits per heavy atom. The standard InChI is InChI=1S/C20H25ClN4O3S/c1-2-22-8-5-9-24-15-16(14-19(24)20(22)26)29(27,28)25-12-10-23(11-13-25)18-7-4-3-6-17(18)21/h3-4,6-7,14-15H,2,5,8-13H2,1H3. The quantitative estimate of drug-likeness (QED) is 0.738. The molecule has 0 atom stereocenters. The van der Waals surface area contributed by atoms with Gasteiger partial charge in [-0.15, -0.1) is 0 Å². The van der Waals surface area contributed by atoms with E-state index in [9.17, 15) is 13.2 Å². The molecule has 29 heavy (non-hydrogen) atoms. The topological polar surface area (TPSA) is 65.9 Å². The average molecular weight is 437 g/mol. The number of hydrogen-bond donors (Lipinski definition) is 0. The fraction of sp³-hybridized carbons (Fsp3) is 0.450. The summed E-state index contributed by atoms with van der Waals surface area (Å²) in [4.78, 5) is 16.8. The minimum atomic E-state index is -3.65. The number of fused-ring (bicyclic) bond motifs is 1. The number of para-hydroxylation sites is 1. The smallest absolute Gasteiger partial charge is 0.270 e. The fourth-order valence-electron chi connectivity index (χ4n) is 4.01. The monoisotopic (exact) mass is 436 g/mol. The molecule has 0 bridgehead atoms. The van der Waals surface area contributed by atoms with E-state index in [1.54, 1.807) is 15.7 Å². The first-order valence-electron chi connectivity index (χ1n) is 9.91. The lowest BCUT2D eigenvalue weighted by Crippen LogP contribution is -2.48. The van der Waals surface area contributed by atoms with Crippen molar-refractivity contribution < 1.29 is 13.2 Å². The summed E-state index contributed by atoms with van der Waals surface area (Å²) in [5.41, 5.74) is 1.38. The van der Waals surface area contributed by atoms with Gasteiger partial charge in [0.05, 0.1) is 10.7 Å². The number of carbonyl (C=O) groups is 1. The number of piperazine rings is 1. The van der Waals surface area contributed by atoms with Gasteiger partial charge in [-0.05, 0) is 31.5 Å². The van der Waals surface area contributed by atoms with Crippen molar-refractivity contribution in [3.8, 4) is 0 Å². The van der Waals surface area contributed by atoms with Gasteiger partial charge in [0.25, 0.3) is 5.91 Å². The Labute approximate surface area is 176 Å². The Morgan fingerprint density at radius 2 is 1.76 bits per heavy atom. The van der Waals surface area contributed by atoms with Crippen molar-refractivity contribution in [2.75, 3.05) is 44.2 Å². The maximum Gasteiger partial charge on any atom is 0.270 e. The van der Waals surface area contributed by atoms with Gasteiger partial charge in [0.2, 0.25) is 10.0 Å². The molecule has 1 aromatic heterocycles. The summed E-state index contributed by atoms with van der Waals surface area (Å²) in [6.07, 6.45) is 2.43. The molecule has 0 aliphatic carbocycles. The maximum atomic E-state index is 13.2. The van der Waals surface area contributed by atoms with E-state index >= 15 is 0 Å². The number of aryl methyl sites for hydroxylation is 1. The molecule has 1 amide bonds. The minimum absolute atomic E-state index is 0.102. The number of benzene rings is 1. The van der Waals surface area contributed by atoms with Gasteiger partial charge in [-0.2, -0.15) is 4.31 Å². The van der Waals surface area contributed by atoms with Crippen molar-refractivity contribution >= 4 is 33.2 Å². The lowest BCUT2D eigenvalue weighted by molar-refractivity contribution is 0.0766. The van der Waals surface area contributed by atoms with Crippen LogP contribution in [0, 0.1) is 0 Å². The Balaban J connectivity index is 1.52. The van der Waals surface area contributed by atoms with E-state index in [0.717, 1.165) is 12.1 Å². The SMILES string of the molecule is CCN1CCCn2cc(S(=O)(=O)N3CCN(c4ccccc4Cl)CC3)cc2C1=O. The molecule has 7 nitrogen and oxygen atoms in total. The van der Waals surface area contributed by atoms with Crippen LogP contribution in [0.4, 0.5) is 5.69 Å². The van der Waals surface area contributed by atoms with Crippen molar-refractivity contribution in [2.24, 2.45) is 0 Å². The molecule has 0 unspecified atom stereocenters. The van der Waals surface area contributed by atoms with E-state index in [4.69, 9.17) is 11.6 Å². The molecule has 156 valence electrons. The third-order valence-corrected chi connectivity index (χ3v) is 7.84. The van der Waals surface area contributed by atoms with Crippen LogP contribution in [-0.4, -0.2) is 67.4 Å². The van der Waals surface area contributed by atoms with Gasteiger partial charge in [-0.1, -0.05) is 23.7 Å². The molecule has 4 rings (SSSR count). The number of sulfonamides is 1. The van der Waals surface area contributed by atoms with Crippen LogP contribution >= 0.6 is 11.6 Å². The minimum Gasteiger partial charge on any atom is -0.368 e. The van der Waals surface area contributed by atoms with Gasteiger partial charge in [-0.25, -0.2) is 8.42 Å². The van der Waals surface area contributed by atoms with Crippen LogP contribution in [0.25, 0.3) is 0 Å². The van der Waals surface area contributed by atoms with Crippen LogP contribution < -0.4 is 4.90 Å². The molecule has 9 heteroatoms. The van der Waals surface area contributed by atoms with Gasteiger partial charge >= 0.3 is 0 Å². The van der Waals surface area contributed by atoms with Crippen molar-refractivity contribution in [1.82, 2.24) is 13.8 Å². The normalized spacial score (nSPS) is 18.6. The van der Waals surface area contributed by atoms with E-state index < -0.39 is 10.0 Å². The summed E-state index contributed by atoms with van der Waals surface area (Å²) in [6.45, 7) is 5.80. The van der Waals surface area contributed by atoms with Crippen LogP contribution in [0.3, 0.4) is 0 Å². The van der Waals surface area contributed by atoms with Crippen molar-refractivity contribution in [2.45, 2.75) is 24.8 Å². The zero-order valence-electron chi connectivity index (χ0n) is 16.4. The molecule has 0 N–H and O–H groups in total. The zero-order chi connectivity index (χ0) is 20.6. The number of nitrogens with zero attached hydrogens (tertiary/aromatic N) is 4. The first-order valence-corrected chi connectivity index (χ1v) is 11.7. The zero-order valence-corrected chi connectivity index (χ0v) is 18.0. The number of amides is 1. The first kappa shape index (κ1) is 20.3. The summed E-state index contributed by atoms with van der Waals surface area (Å²) in [5.74, 6) is -0.102. The summed E-state index contributed by atoms with van der Waals surface area (Å²) in [5, 5.41) is 0.666. The highest BCUT2D eigenvalue weighted by Crippen LogP contribution is 2.28. The van der Waals surface area contributed by atoms with Gasteiger partial charge in [0.1, 0.15) is 10.6 Å². The molecule has 1 saturated heterocycles. The summed E-state index contributed by atoms with van der Waals surface area (Å²) in [7, 11) is -3.65. The van der Waals surface area contributed by atoms with Crippen LogP contribution in [-0.2, 0) is 16.6 Å². The molecule has 0 saturated carbocycles. The van der Waals surface area contributed by atoms with Gasteiger partial charge in [0, 0.05) is 52.0 Å². The number of aromatic nitrogens is 1. The summed E-state index contributed by atoms with van der Waals surface area (Å²) >= 11 is 6.28. The lowest BCUT2D eigenvalue weighted by Gasteiger charge is -2.35. The van der Waals surface area contributed by atoms with Crippen molar-refractivity contribution in [3.05, 3.63) is 47.2 Å². The second-order valence-electron chi connectivity index (χ2n) is 7.34. The number of halogens is 1. The highest BCUT2D eigenvalue weighted by atomic mass is 35.5. The second-order valence-corrected chi connectivity index (χ2v) is 9.68. The van der Waals surface area contributed by atoms with Crippen LogP contribution in [0.15, 0.2) is 41.4 Å². The number of hydrogen-bond acceptors (Lipinski definition) is 4. The molecule has 1 aromatic carbocycles. The predicted octanol–water partition coefficient (Wildman–Crippen LogP) is 2.52. The first-order chi connectivity index (χ1) is 13.9. The molecule has 3 heterocycles. The van der Waals surface area contributed by atoms with E-state index in [0.29, 0.717) is 56.5 Å². The highest BCUT2D eigenvalue weighted by Gasteiger charge is 2.32. The van der Waals surface area contributed by atoms with Crippen molar-refractivity contribution in [1.29, 1.82) is 0 Å². The molecular weight excluding hydrogens is 412 g/mol. The fourth-order valence-corrected chi connectivity index (χ4v) is 5.73. The van der Waals surface area contributed by atoms with E-state index in [1.165, 1.54) is 10.4 Å². The average Bonchev–Trinajstić information content (AvgIpc) is 3.10. The molecule has 2 aliphatic heterocycles. The molecule has 2 aromatic rings. The van der Waals surface area contributed by atoms with Gasteiger partial charge < -0.3 is 14.4 Å². The van der Waals surface area contributed by atoms with Gasteiger partial charge in [0.15, 0.2) is 0 Å². The lowest BCUT2D eigenvalue weighted by atomic mass is 10.2. The van der Waals surface area contributed by atoms with E-state index in [2.05, 4.69) is 4.90 Å². The summed E-state index contributed by atoms with van der Waals surface area (Å²) < 4.78 is 29.7. The highest BCUT2D eigenvalue weighted by molar-refractivity contribution is 7.89. The molecule has 1 fully saturated rings.